The van der Waals surface area contributed by atoms with Gasteiger partial charge < -0.3 is 4.98 Å². The number of rotatable bonds is 4. The first-order valence-electron chi connectivity index (χ1n) is 6.83. The molecule has 0 fully saturated rings. The molecule has 1 N–H and O–H groups in total. The fraction of sp³-hybridized carbons (Fsp3) is 0.250. The Balaban J connectivity index is 2.14. The lowest BCUT2D eigenvalue weighted by atomic mass is 10.2. The first-order valence-corrected chi connectivity index (χ1v) is 7.82. The van der Waals surface area contributed by atoms with Crippen LogP contribution in [0.15, 0.2) is 41.4 Å². The van der Waals surface area contributed by atoms with Gasteiger partial charge in [-0.1, -0.05) is 37.3 Å². The molecule has 0 spiro atoms. The fourth-order valence-electron chi connectivity index (χ4n) is 2.14. The smallest absolute Gasteiger partial charge is 0.162 e. The highest BCUT2D eigenvalue weighted by atomic mass is 32.2. The predicted octanol–water partition coefficient (Wildman–Crippen LogP) is 4.44. The van der Waals surface area contributed by atoms with E-state index in [4.69, 9.17) is 4.98 Å². The molecular formula is C16H17N3S. The first kappa shape index (κ1) is 13.2. The lowest BCUT2D eigenvalue weighted by Crippen LogP contribution is -1.93. The van der Waals surface area contributed by atoms with Crippen LogP contribution in [0.2, 0.25) is 0 Å². The SMILES string of the molecule is CCCSc1nc(-c2ccccc2)nc2[nH]c(C)cc12. The maximum Gasteiger partial charge on any atom is 0.162 e. The molecule has 0 saturated carbocycles. The molecule has 20 heavy (non-hydrogen) atoms. The number of benzene rings is 1. The van der Waals surface area contributed by atoms with Crippen molar-refractivity contribution in [1.82, 2.24) is 15.0 Å². The third kappa shape index (κ3) is 2.56. The lowest BCUT2D eigenvalue weighted by Gasteiger charge is -2.05. The van der Waals surface area contributed by atoms with Gasteiger partial charge in [-0.15, -0.1) is 11.8 Å². The number of fused-ring (bicyclic) bond motifs is 1. The maximum absolute atomic E-state index is 4.75. The van der Waals surface area contributed by atoms with E-state index >= 15 is 0 Å². The number of thioether (sulfide) groups is 1. The maximum atomic E-state index is 4.75. The number of aryl methyl sites for hydroxylation is 1. The molecule has 0 bridgehead atoms. The van der Waals surface area contributed by atoms with Crippen molar-refractivity contribution in [3.63, 3.8) is 0 Å². The Morgan fingerprint density at radius 2 is 1.95 bits per heavy atom. The zero-order valence-electron chi connectivity index (χ0n) is 11.7. The molecule has 1 aromatic carbocycles. The van der Waals surface area contributed by atoms with Gasteiger partial charge in [-0.3, -0.25) is 0 Å². The van der Waals surface area contributed by atoms with E-state index in [1.807, 2.05) is 30.3 Å². The molecule has 2 aromatic heterocycles. The molecule has 0 radical (unpaired) electrons. The van der Waals surface area contributed by atoms with Crippen molar-refractivity contribution in [2.24, 2.45) is 0 Å². The van der Waals surface area contributed by atoms with Gasteiger partial charge in [-0.2, -0.15) is 0 Å². The minimum atomic E-state index is 0.790. The highest BCUT2D eigenvalue weighted by molar-refractivity contribution is 7.99. The van der Waals surface area contributed by atoms with Gasteiger partial charge in [0.05, 0.1) is 5.39 Å². The van der Waals surface area contributed by atoms with Crippen LogP contribution in [0, 0.1) is 6.92 Å². The van der Waals surface area contributed by atoms with Gasteiger partial charge in [0.2, 0.25) is 0 Å². The van der Waals surface area contributed by atoms with Crippen LogP contribution in [-0.4, -0.2) is 20.7 Å². The number of aromatic nitrogens is 3. The molecule has 0 aliphatic rings. The number of nitrogens with one attached hydrogen (secondary N) is 1. The number of hydrogen-bond acceptors (Lipinski definition) is 3. The van der Waals surface area contributed by atoms with E-state index in [9.17, 15) is 0 Å². The third-order valence-corrected chi connectivity index (χ3v) is 4.26. The van der Waals surface area contributed by atoms with E-state index in [1.54, 1.807) is 11.8 Å². The monoisotopic (exact) mass is 283 g/mol. The fourth-order valence-corrected chi connectivity index (χ4v) is 3.00. The number of aromatic amines is 1. The molecule has 0 unspecified atom stereocenters. The average molecular weight is 283 g/mol. The topological polar surface area (TPSA) is 41.6 Å². The Morgan fingerprint density at radius 1 is 1.15 bits per heavy atom. The van der Waals surface area contributed by atoms with Crippen molar-refractivity contribution in [3.8, 4) is 11.4 Å². The minimum absolute atomic E-state index is 0.790. The van der Waals surface area contributed by atoms with Gasteiger partial charge in [-0.05, 0) is 25.2 Å². The summed E-state index contributed by atoms with van der Waals surface area (Å²) in [6.45, 7) is 4.24. The van der Waals surface area contributed by atoms with Crippen molar-refractivity contribution in [2.75, 3.05) is 5.75 Å². The molecule has 0 aliphatic carbocycles. The lowest BCUT2D eigenvalue weighted by molar-refractivity contribution is 1.07. The summed E-state index contributed by atoms with van der Waals surface area (Å²) in [6, 6.07) is 12.3. The molecule has 0 amide bonds. The zero-order chi connectivity index (χ0) is 13.9. The predicted molar refractivity (Wildman–Crippen MR) is 85.1 cm³/mol. The second kappa shape index (κ2) is 5.67. The van der Waals surface area contributed by atoms with Crippen molar-refractivity contribution in [2.45, 2.75) is 25.3 Å². The van der Waals surface area contributed by atoms with Gasteiger partial charge in [-0.25, -0.2) is 9.97 Å². The second-order valence-electron chi connectivity index (χ2n) is 4.78. The van der Waals surface area contributed by atoms with Gasteiger partial charge in [0.1, 0.15) is 10.7 Å². The summed E-state index contributed by atoms with van der Waals surface area (Å²) in [7, 11) is 0. The molecular weight excluding hydrogens is 266 g/mol. The minimum Gasteiger partial charge on any atom is -0.343 e. The normalized spacial score (nSPS) is 11.1. The molecule has 3 nitrogen and oxygen atoms in total. The summed E-state index contributed by atoms with van der Waals surface area (Å²) >= 11 is 1.80. The van der Waals surface area contributed by atoms with Crippen LogP contribution in [0.3, 0.4) is 0 Å². The highest BCUT2D eigenvalue weighted by Crippen LogP contribution is 2.29. The van der Waals surface area contributed by atoms with Gasteiger partial charge >= 0.3 is 0 Å². The molecule has 4 heteroatoms. The molecule has 0 aliphatic heterocycles. The molecule has 3 rings (SSSR count). The van der Waals surface area contributed by atoms with E-state index in [0.29, 0.717) is 0 Å². The summed E-state index contributed by atoms with van der Waals surface area (Å²) in [5.74, 6) is 1.86. The van der Waals surface area contributed by atoms with Gasteiger partial charge in [0.25, 0.3) is 0 Å². The van der Waals surface area contributed by atoms with Crippen molar-refractivity contribution < 1.29 is 0 Å². The third-order valence-electron chi connectivity index (χ3n) is 3.06. The van der Waals surface area contributed by atoms with Crippen molar-refractivity contribution in [3.05, 3.63) is 42.1 Å². The summed E-state index contributed by atoms with van der Waals surface area (Å²) in [4.78, 5) is 12.7. The zero-order valence-corrected chi connectivity index (χ0v) is 12.5. The van der Waals surface area contributed by atoms with Crippen LogP contribution < -0.4 is 0 Å². The van der Waals surface area contributed by atoms with E-state index in [1.165, 1.54) is 0 Å². The van der Waals surface area contributed by atoms with Crippen LogP contribution in [-0.2, 0) is 0 Å². The van der Waals surface area contributed by atoms with E-state index in [-0.39, 0.29) is 0 Å². The summed E-state index contributed by atoms with van der Waals surface area (Å²) < 4.78 is 0. The van der Waals surface area contributed by atoms with Crippen LogP contribution in [0.4, 0.5) is 0 Å². The molecule has 3 aromatic rings. The summed E-state index contributed by atoms with van der Waals surface area (Å²) in [5, 5.41) is 2.20. The summed E-state index contributed by atoms with van der Waals surface area (Å²) in [5.41, 5.74) is 3.10. The van der Waals surface area contributed by atoms with Crippen molar-refractivity contribution in [1.29, 1.82) is 0 Å². The Morgan fingerprint density at radius 3 is 2.70 bits per heavy atom. The van der Waals surface area contributed by atoms with Crippen molar-refractivity contribution >= 4 is 22.8 Å². The number of hydrogen-bond donors (Lipinski definition) is 1. The Labute approximate surface area is 122 Å². The number of nitrogens with zero attached hydrogens (tertiary/aromatic N) is 2. The van der Waals surface area contributed by atoms with E-state index in [0.717, 1.165) is 45.3 Å². The Bertz CT molecular complexity index is 719. The average Bonchev–Trinajstić information content (AvgIpc) is 2.86. The molecule has 0 atom stereocenters. The van der Waals surface area contributed by atoms with E-state index in [2.05, 4.69) is 29.9 Å². The molecule has 2 heterocycles. The van der Waals surface area contributed by atoms with Crippen LogP contribution in [0.5, 0.6) is 0 Å². The number of H-pyrrole nitrogens is 1. The molecule has 102 valence electrons. The standard InChI is InChI=1S/C16H17N3S/c1-3-9-20-16-13-10-11(2)17-15(13)18-14(19-16)12-7-5-4-6-8-12/h4-8,10H,3,9H2,1-2H3,(H,17,18,19). The first-order chi connectivity index (χ1) is 9.78. The van der Waals surface area contributed by atoms with Gasteiger partial charge in [0, 0.05) is 11.3 Å². The largest absolute Gasteiger partial charge is 0.343 e. The Hall–Kier alpha value is -1.81. The Kier molecular flexibility index (Phi) is 3.74. The van der Waals surface area contributed by atoms with Gasteiger partial charge in [0.15, 0.2) is 5.82 Å². The van der Waals surface area contributed by atoms with Crippen LogP contribution in [0.1, 0.15) is 19.0 Å². The summed E-state index contributed by atoms with van der Waals surface area (Å²) in [6.07, 6.45) is 1.14. The van der Waals surface area contributed by atoms with Crippen LogP contribution in [0.25, 0.3) is 22.4 Å². The quantitative estimate of drug-likeness (QED) is 0.568. The second-order valence-corrected chi connectivity index (χ2v) is 5.87. The van der Waals surface area contributed by atoms with E-state index < -0.39 is 0 Å². The van der Waals surface area contributed by atoms with Crippen LogP contribution >= 0.6 is 11.8 Å². The molecule has 0 saturated heterocycles. The highest BCUT2D eigenvalue weighted by Gasteiger charge is 2.11.